The summed E-state index contributed by atoms with van der Waals surface area (Å²) in [5.41, 5.74) is 3.08. The third-order valence-corrected chi connectivity index (χ3v) is 8.10. The Morgan fingerprint density at radius 1 is 1.18 bits per heavy atom. The van der Waals surface area contributed by atoms with E-state index in [9.17, 15) is 26.9 Å². The quantitative estimate of drug-likeness (QED) is 0.536. The van der Waals surface area contributed by atoms with Crippen molar-refractivity contribution in [1.82, 2.24) is 19.3 Å². The Bertz CT molecular complexity index is 1400. The van der Waals surface area contributed by atoms with E-state index in [1.54, 1.807) is 4.72 Å². The molecule has 2 aliphatic carbocycles. The van der Waals surface area contributed by atoms with Crippen molar-refractivity contribution in [3.63, 3.8) is 0 Å². The van der Waals surface area contributed by atoms with Gasteiger partial charge in [-0.1, -0.05) is 12.1 Å². The van der Waals surface area contributed by atoms with E-state index < -0.39 is 27.1 Å². The summed E-state index contributed by atoms with van der Waals surface area (Å²) in [6.45, 7) is 0.721. The van der Waals surface area contributed by atoms with E-state index >= 15 is 0 Å². The Labute approximate surface area is 194 Å². The minimum atomic E-state index is -4.72. The molecule has 0 bridgehead atoms. The van der Waals surface area contributed by atoms with Crippen molar-refractivity contribution in [2.24, 2.45) is 0 Å². The van der Waals surface area contributed by atoms with Gasteiger partial charge in [0.2, 0.25) is 10.0 Å². The van der Waals surface area contributed by atoms with Crippen LogP contribution in [0.1, 0.15) is 62.1 Å². The largest absolute Gasteiger partial charge is 0.404 e. The fourth-order valence-corrected chi connectivity index (χ4v) is 5.42. The lowest BCUT2D eigenvalue weighted by Crippen LogP contribution is -2.43. The van der Waals surface area contributed by atoms with Crippen LogP contribution in [0.2, 0.25) is 0 Å². The van der Waals surface area contributed by atoms with Gasteiger partial charge in [-0.2, -0.15) is 23.2 Å². The van der Waals surface area contributed by atoms with Crippen LogP contribution in [0.5, 0.6) is 0 Å². The molecule has 2 aromatic heterocycles. The van der Waals surface area contributed by atoms with Gasteiger partial charge in [0.05, 0.1) is 23.5 Å². The smallest absolute Gasteiger partial charge is 0.334 e. The van der Waals surface area contributed by atoms with Crippen molar-refractivity contribution in [3.8, 4) is 17.6 Å². The highest BCUT2D eigenvalue weighted by molar-refractivity contribution is 7.89. The molecule has 2 heterocycles. The number of alkyl halides is 3. The van der Waals surface area contributed by atoms with E-state index in [-0.39, 0.29) is 11.9 Å². The zero-order valence-corrected chi connectivity index (χ0v) is 19.1. The molecule has 3 aromatic rings. The molecule has 34 heavy (non-hydrogen) atoms. The van der Waals surface area contributed by atoms with Crippen molar-refractivity contribution >= 4 is 20.9 Å². The van der Waals surface area contributed by atoms with Crippen LogP contribution in [0.3, 0.4) is 0 Å². The second-order valence-electron chi connectivity index (χ2n) is 8.97. The van der Waals surface area contributed by atoms with Gasteiger partial charge in [0.25, 0.3) is 0 Å². The highest BCUT2D eigenvalue weighted by atomic mass is 32.2. The summed E-state index contributed by atoms with van der Waals surface area (Å²) in [5.74, 6) is 0.700. The lowest BCUT2D eigenvalue weighted by Gasteiger charge is -2.29. The normalized spacial score (nSPS) is 18.0. The molecule has 5 rings (SSSR count). The number of fused-ring (bicyclic) bond motifs is 1. The molecule has 11 heteroatoms. The molecule has 0 unspecified atom stereocenters. The molecule has 0 spiro atoms. The molecular formula is C23H22F3N5O2S. The van der Waals surface area contributed by atoms with Crippen LogP contribution in [0, 0.1) is 11.3 Å². The van der Waals surface area contributed by atoms with E-state index in [1.807, 2.05) is 12.1 Å². The third-order valence-electron chi connectivity index (χ3n) is 6.60. The molecule has 1 atom stereocenters. The summed E-state index contributed by atoms with van der Waals surface area (Å²) < 4.78 is 66.9. The Morgan fingerprint density at radius 3 is 2.38 bits per heavy atom. The van der Waals surface area contributed by atoms with Crippen LogP contribution in [0.4, 0.5) is 13.2 Å². The Kier molecular flexibility index (Phi) is 5.41. The molecule has 7 nitrogen and oxygen atoms in total. The van der Waals surface area contributed by atoms with Crippen molar-refractivity contribution in [2.45, 2.75) is 68.1 Å². The first kappa shape index (κ1) is 22.8. The molecule has 2 fully saturated rings. The molecule has 0 radical (unpaired) electrons. The Morgan fingerprint density at radius 2 is 1.85 bits per heavy atom. The van der Waals surface area contributed by atoms with Gasteiger partial charge in [-0.25, -0.2) is 18.4 Å². The molecule has 1 N–H and O–H groups in total. The van der Waals surface area contributed by atoms with Gasteiger partial charge in [0, 0.05) is 11.4 Å². The van der Waals surface area contributed by atoms with Gasteiger partial charge in [-0.3, -0.25) is 0 Å². The summed E-state index contributed by atoms with van der Waals surface area (Å²) >= 11 is 0. The van der Waals surface area contributed by atoms with E-state index in [2.05, 4.69) is 26.7 Å². The summed E-state index contributed by atoms with van der Waals surface area (Å²) in [6.07, 6.45) is 2.48. The number of nitrogens with one attached hydrogen (secondary N) is 1. The first-order valence-corrected chi connectivity index (χ1v) is 12.6. The highest BCUT2D eigenvalue weighted by Gasteiger charge is 2.39. The number of halogens is 3. The maximum atomic E-state index is 12.8. The van der Waals surface area contributed by atoms with Gasteiger partial charge >= 0.3 is 6.18 Å². The highest BCUT2D eigenvalue weighted by Crippen LogP contribution is 2.45. The lowest BCUT2D eigenvalue weighted by molar-refractivity contribution is -0.147. The number of sulfonamides is 1. The van der Waals surface area contributed by atoms with E-state index in [1.165, 1.54) is 5.56 Å². The van der Waals surface area contributed by atoms with Crippen LogP contribution in [-0.4, -0.2) is 35.2 Å². The summed E-state index contributed by atoms with van der Waals surface area (Å²) in [5, 5.41) is 10.8. The maximum absolute atomic E-state index is 12.8. The van der Waals surface area contributed by atoms with Crippen molar-refractivity contribution in [3.05, 3.63) is 41.7 Å². The van der Waals surface area contributed by atoms with E-state index in [4.69, 9.17) is 0 Å². The topological polar surface area (TPSA) is 101 Å². The van der Waals surface area contributed by atoms with E-state index in [0.29, 0.717) is 17.2 Å². The standard InChI is InChI=1S/C23H22F3N5O2S/c1-13(23(24,25)26)30-34(32,33)17-11-28-22(29-12-17)21-19(10-27)18-8-7-15(14-5-6-14)9-20(18)31(21)16-3-2-4-16/h7-9,11-14,16,30H,2-6H2,1H3/t13-/m0/s1. The molecule has 1 aromatic carbocycles. The number of hydrogen-bond donors (Lipinski definition) is 1. The summed E-state index contributed by atoms with van der Waals surface area (Å²) in [6, 6.07) is 6.28. The first-order valence-electron chi connectivity index (χ1n) is 11.1. The first-order chi connectivity index (χ1) is 16.1. The zero-order chi connectivity index (χ0) is 24.3. The van der Waals surface area contributed by atoms with Crippen LogP contribution in [0.15, 0.2) is 35.5 Å². The van der Waals surface area contributed by atoms with E-state index in [0.717, 1.165) is 62.3 Å². The molecule has 178 valence electrons. The molecule has 2 aliphatic rings. The minimum Gasteiger partial charge on any atom is -0.334 e. The van der Waals surface area contributed by atoms with Gasteiger partial charge in [-0.05, 0) is 56.6 Å². The van der Waals surface area contributed by atoms with Gasteiger partial charge in [-0.15, -0.1) is 0 Å². The molecule has 0 saturated heterocycles. The van der Waals surface area contributed by atoms with Crippen LogP contribution in [-0.2, 0) is 10.0 Å². The summed E-state index contributed by atoms with van der Waals surface area (Å²) in [7, 11) is -4.48. The lowest BCUT2D eigenvalue weighted by atomic mass is 9.92. The Hall–Kier alpha value is -2.97. The third kappa shape index (κ3) is 3.95. The fourth-order valence-electron chi connectivity index (χ4n) is 4.30. The van der Waals surface area contributed by atoms with Crippen LogP contribution in [0.25, 0.3) is 22.4 Å². The number of hydrogen-bond acceptors (Lipinski definition) is 5. The average Bonchev–Trinajstić information content (AvgIpc) is 3.55. The van der Waals surface area contributed by atoms with Crippen molar-refractivity contribution in [1.29, 1.82) is 5.26 Å². The maximum Gasteiger partial charge on any atom is 0.404 e. The monoisotopic (exact) mass is 489 g/mol. The second-order valence-corrected chi connectivity index (χ2v) is 10.7. The van der Waals surface area contributed by atoms with Crippen LogP contribution >= 0.6 is 0 Å². The second kappa shape index (κ2) is 8.06. The average molecular weight is 490 g/mol. The number of nitriles is 1. The predicted octanol–water partition coefficient (Wildman–Crippen LogP) is 4.80. The summed E-state index contributed by atoms with van der Waals surface area (Å²) in [4.78, 5) is 7.87. The molecular weight excluding hydrogens is 467 g/mol. The molecule has 0 amide bonds. The van der Waals surface area contributed by atoms with Crippen molar-refractivity contribution in [2.75, 3.05) is 0 Å². The number of nitrogens with zero attached hydrogens (tertiary/aromatic N) is 4. The fraction of sp³-hybridized carbons (Fsp3) is 0.435. The van der Waals surface area contributed by atoms with Gasteiger partial charge < -0.3 is 4.57 Å². The van der Waals surface area contributed by atoms with Gasteiger partial charge in [0.15, 0.2) is 5.82 Å². The minimum absolute atomic E-state index is 0.162. The number of rotatable bonds is 6. The zero-order valence-electron chi connectivity index (χ0n) is 18.3. The van der Waals surface area contributed by atoms with Crippen molar-refractivity contribution < 1.29 is 21.6 Å². The SMILES string of the molecule is C[C@H](NS(=O)(=O)c1cnc(-c2c(C#N)c3ccc(C4CC4)cc3n2C2CCC2)nc1)C(F)(F)F. The molecule has 0 aliphatic heterocycles. The Balaban J connectivity index is 1.58. The number of benzene rings is 1. The molecule has 2 saturated carbocycles. The predicted molar refractivity (Wildman–Crippen MR) is 118 cm³/mol. The van der Waals surface area contributed by atoms with Gasteiger partial charge in [0.1, 0.15) is 22.7 Å². The number of aromatic nitrogens is 3. The van der Waals surface area contributed by atoms with Crippen LogP contribution < -0.4 is 4.72 Å².